The van der Waals surface area contributed by atoms with Crippen molar-refractivity contribution in [3.63, 3.8) is 0 Å². The minimum atomic E-state index is -0.698. The van der Waals surface area contributed by atoms with E-state index in [0.717, 1.165) is 0 Å². The number of carbonyl (C=O) groups excluding carboxylic acids is 1. The smallest absolute Gasteiger partial charge is 0.229 e. The molecule has 5 heteroatoms. The monoisotopic (exact) mass is 273 g/mol. The molecular weight excluding hydrogens is 265 g/mol. The van der Waals surface area contributed by atoms with Gasteiger partial charge in [0.25, 0.3) is 0 Å². The van der Waals surface area contributed by atoms with Crippen molar-refractivity contribution in [3.05, 3.63) is 28.5 Å². The maximum atomic E-state index is 13.4. The Morgan fingerprint density at radius 2 is 2.27 bits per heavy atom. The summed E-state index contributed by atoms with van der Waals surface area (Å²) < 4.78 is 14.1. The van der Waals surface area contributed by atoms with Crippen LogP contribution in [0.5, 0.6) is 0 Å². The SMILES string of the molecule is O=C1CC(O)CN1c1cc(Br)ccc1F. The molecule has 1 aliphatic heterocycles. The first kappa shape index (κ1) is 10.6. The van der Waals surface area contributed by atoms with E-state index in [1.54, 1.807) is 6.07 Å². The largest absolute Gasteiger partial charge is 0.391 e. The first-order valence-electron chi connectivity index (χ1n) is 4.51. The lowest BCUT2D eigenvalue weighted by molar-refractivity contribution is -0.117. The van der Waals surface area contributed by atoms with Gasteiger partial charge in [0.1, 0.15) is 5.82 Å². The minimum absolute atomic E-state index is 0.0615. The summed E-state index contributed by atoms with van der Waals surface area (Å²) in [6.07, 6.45) is -0.637. The Morgan fingerprint density at radius 1 is 1.53 bits per heavy atom. The van der Waals surface area contributed by atoms with Gasteiger partial charge in [0.15, 0.2) is 0 Å². The van der Waals surface area contributed by atoms with Crippen molar-refractivity contribution in [2.75, 3.05) is 11.4 Å². The summed E-state index contributed by atoms with van der Waals surface area (Å²) >= 11 is 3.21. The molecule has 3 nitrogen and oxygen atoms in total. The molecule has 1 aliphatic rings. The van der Waals surface area contributed by atoms with Gasteiger partial charge in [0.2, 0.25) is 5.91 Å². The molecule has 0 radical (unpaired) electrons. The fourth-order valence-corrected chi connectivity index (χ4v) is 1.96. The maximum absolute atomic E-state index is 13.4. The predicted molar refractivity (Wildman–Crippen MR) is 57.1 cm³/mol. The van der Waals surface area contributed by atoms with Gasteiger partial charge in [-0.15, -0.1) is 0 Å². The minimum Gasteiger partial charge on any atom is -0.391 e. The Balaban J connectivity index is 2.37. The molecule has 0 spiro atoms. The Bertz CT molecular complexity index is 410. The van der Waals surface area contributed by atoms with E-state index in [1.807, 2.05) is 0 Å². The molecule has 0 bridgehead atoms. The number of aliphatic hydroxyl groups is 1. The zero-order chi connectivity index (χ0) is 11.0. The third-order valence-corrected chi connectivity index (χ3v) is 2.80. The van der Waals surface area contributed by atoms with Crippen LogP contribution < -0.4 is 4.90 Å². The maximum Gasteiger partial charge on any atom is 0.229 e. The van der Waals surface area contributed by atoms with Crippen molar-refractivity contribution in [2.45, 2.75) is 12.5 Å². The number of β-amino-alcohol motifs (C(OH)–C–C–N with tert-alkyl or cyclic N) is 1. The Kier molecular flexibility index (Phi) is 2.75. The second-order valence-electron chi connectivity index (χ2n) is 3.46. The molecule has 0 aromatic heterocycles. The molecule has 1 aromatic carbocycles. The van der Waals surface area contributed by atoms with Gasteiger partial charge in [-0.2, -0.15) is 0 Å². The van der Waals surface area contributed by atoms with Crippen LogP contribution in [0.25, 0.3) is 0 Å². The summed E-state index contributed by atoms with van der Waals surface area (Å²) in [4.78, 5) is 12.7. The molecule has 1 atom stereocenters. The first-order valence-corrected chi connectivity index (χ1v) is 5.30. The lowest BCUT2D eigenvalue weighted by atomic mass is 10.3. The van der Waals surface area contributed by atoms with Crippen LogP contribution in [0.2, 0.25) is 0 Å². The third-order valence-electron chi connectivity index (χ3n) is 2.30. The lowest BCUT2D eigenvalue weighted by Crippen LogP contribution is -2.26. The van der Waals surface area contributed by atoms with Crippen LogP contribution in [0.15, 0.2) is 22.7 Å². The summed E-state index contributed by atoms with van der Waals surface area (Å²) in [6, 6.07) is 4.39. The van der Waals surface area contributed by atoms with Crippen LogP contribution in [-0.4, -0.2) is 23.7 Å². The van der Waals surface area contributed by atoms with Crippen molar-refractivity contribution in [1.82, 2.24) is 0 Å². The highest BCUT2D eigenvalue weighted by molar-refractivity contribution is 9.10. The number of carbonyl (C=O) groups is 1. The normalized spacial score (nSPS) is 21.1. The highest BCUT2D eigenvalue weighted by Gasteiger charge is 2.30. The van der Waals surface area contributed by atoms with Crippen molar-refractivity contribution >= 4 is 27.5 Å². The van der Waals surface area contributed by atoms with Crippen molar-refractivity contribution < 1.29 is 14.3 Å². The number of nitrogens with zero attached hydrogens (tertiary/aromatic N) is 1. The Hall–Kier alpha value is -0.940. The molecule has 0 aliphatic carbocycles. The quantitative estimate of drug-likeness (QED) is 0.846. The summed E-state index contributed by atoms with van der Waals surface area (Å²) in [5.74, 6) is -0.708. The van der Waals surface area contributed by atoms with Gasteiger partial charge in [-0.05, 0) is 18.2 Å². The van der Waals surface area contributed by atoms with Crippen LogP contribution >= 0.6 is 15.9 Å². The van der Waals surface area contributed by atoms with Crippen LogP contribution in [0.1, 0.15) is 6.42 Å². The zero-order valence-corrected chi connectivity index (χ0v) is 9.37. The fourth-order valence-electron chi connectivity index (χ4n) is 1.61. The van der Waals surface area contributed by atoms with Crippen molar-refractivity contribution in [1.29, 1.82) is 0 Å². The second kappa shape index (κ2) is 3.90. The lowest BCUT2D eigenvalue weighted by Gasteiger charge is -2.16. The van der Waals surface area contributed by atoms with Crippen LogP contribution in [0.4, 0.5) is 10.1 Å². The number of amides is 1. The van der Waals surface area contributed by atoms with E-state index in [4.69, 9.17) is 0 Å². The molecule has 80 valence electrons. The highest BCUT2D eigenvalue weighted by Crippen LogP contribution is 2.27. The summed E-state index contributed by atoms with van der Waals surface area (Å²) in [5.41, 5.74) is 0.214. The molecule has 1 aromatic rings. The summed E-state index contributed by atoms with van der Waals surface area (Å²) in [5, 5.41) is 9.29. The summed E-state index contributed by atoms with van der Waals surface area (Å²) in [7, 11) is 0. The van der Waals surface area contributed by atoms with Gasteiger partial charge < -0.3 is 10.0 Å². The number of halogens is 2. The molecule has 1 unspecified atom stereocenters. The van der Waals surface area contributed by atoms with E-state index in [9.17, 15) is 14.3 Å². The highest BCUT2D eigenvalue weighted by atomic mass is 79.9. The van der Waals surface area contributed by atoms with Crippen molar-refractivity contribution in [2.24, 2.45) is 0 Å². The van der Waals surface area contributed by atoms with E-state index < -0.39 is 11.9 Å². The van der Waals surface area contributed by atoms with Crippen molar-refractivity contribution in [3.8, 4) is 0 Å². The Morgan fingerprint density at radius 3 is 2.87 bits per heavy atom. The fraction of sp³-hybridized carbons (Fsp3) is 0.300. The molecule has 0 saturated carbocycles. The van der Waals surface area contributed by atoms with Gasteiger partial charge in [0.05, 0.1) is 24.8 Å². The second-order valence-corrected chi connectivity index (χ2v) is 4.37. The van der Waals surface area contributed by atoms with Crippen LogP contribution in [-0.2, 0) is 4.79 Å². The van der Waals surface area contributed by atoms with Gasteiger partial charge in [-0.3, -0.25) is 4.79 Å². The number of benzene rings is 1. The van der Waals surface area contributed by atoms with Gasteiger partial charge >= 0.3 is 0 Å². The van der Waals surface area contributed by atoms with E-state index in [1.165, 1.54) is 17.0 Å². The molecular formula is C10H9BrFNO2. The molecule has 15 heavy (non-hydrogen) atoms. The Labute approximate surface area is 94.6 Å². The van der Waals surface area contributed by atoms with Gasteiger partial charge in [-0.1, -0.05) is 15.9 Å². The predicted octanol–water partition coefficient (Wildman–Crippen LogP) is 1.69. The number of anilines is 1. The third kappa shape index (κ3) is 2.03. The number of hydrogen-bond donors (Lipinski definition) is 1. The molecule has 1 saturated heterocycles. The average Bonchev–Trinajstić information content (AvgIpc) is 2.50. The molecule has 1 fully saturated rings. The van der Waals surface area contributed by atoms with E-state index >= 15 is 0 Å². The standard InChI is InChI=1S/C10H9BrFNO2/c11-6-1-2-8(12)9(3-6)13-5-7(14)4-10(13)15/h1-3,7,14H,4-5H2. The average molecular weight is 274 g/mol. The topological polar surface area (TPSA) is 40.5 Å². The van der Waals surface area contributed by atoms with Gasteiger partial charge in [-0.25, -0.2) is 4.39 Å². The first-order chi connectivity index (χ1) is 7.08. The van der Waals surface area contributed by atoms with E-state index in [0.29, 0.717) is 4.47 Å². The van der Waals surface area contributed by atoms with Gasteiger partial charge in [0, 0.05) is 4.47 Å². The van der Waals surface area contributed by atoms with E-state index in [2.05, 4.69) is 15.9 Å². The van der Waals surface area contributed by atoms with Crippen LogP contribution in [0, 0.1) is 5.82 Å². The molecule has 1 amide bonds. The zero-order valence-electron chi connectivity index (χ0n) is 7.78. The number of rotatable bonds is 1. The number of hydrogen-bond acceptors (Lipinski definition) is 2. The molecule has 1 heterocycles. The van der Waals surface area contributed by atoms with E-state index in [-0.39, 0.29) is 24.6 Å². The van der Waals surface area contributed by atoms with Crippen LogP contribution in [0.3, 0.4) is 0 Å². The molecule has 2 rings (SSSR count). The molecule has 1 N–H and O–H groups in total. The number of aliphatic hydroxyl groups excluding tert-OH is 1. The summed E-state index contributed by atoms with van der Waals surface area (Å²) in [6.45, 7) is 0.159.